The predicted octanol–water partition coefficient (Wildman–Crippen LogP) is 15.6. The number of hydrogen-bond acceptors (Lipinski definition) is 0. The van der Waals surface area contributed by atoms with Crippen LogP contribution in [0.15, 0.2) is 146 Å². The first-order chi connectivity index (χ1) is 25.3. The van der Waals surface area contributed by atoms with Crippen LogP contribution >= 0.6 is 0 Å². The lowest BCUT2D eigenvalue weighted by Crippen LogP contribution is -2.02. The van der Waals surface area contributed by atoms with Gasteiger partial charge in [-0.1, -0.05) is 207 Å². The Morgan fingerprint density at radius 2 is 0.269 bits per heavy atom. The molecule has 0 aliphatic heterocycles. The fourth-order valence-corrected chi connectivity index (χ4v) is 6.80. The van der Waals surface area contributed by atoms with Crippen LogP contribution in [0.4, 0.5) is 0 Å². The molecule has 0 heteroatoms. The Bertz CT molecular complexity index is 1750. The summed E-state index contributed by atoms with van der Waals surface area (Å²) >= 11 is 0. The third-order valence-corrected chi connectivity index (χ3v) is 9.54. The first kappa shape index (κ1) is 37.8. The van der Waals surface area contributed by atoms with Gasteiger partial charge in [-0.3, -0.25) is 0 Å². The highest BCUT2D eigenvalue weighted by Crippen LogP contribution is 2.56. The monoisotopic (exact) mass is 678 g/mol. The molecule has 0 atom stereocenters. The summed E-state index contributed by atoms with van der Waals surface area (Å²) in [4.78, 5) is 0. The van der Waals surface area contributed by atoms with Crippen molar-refractivity contribution in [2.75, 3.05) is 0 Å². The maximum Gasteiger partial charge on any atom is -0.00139 e. The molecule has 262 valence electrons. The second-order valence-corrected chi connectivity index (χ2v) is 13.4. The average Bonchev–Trinajstić information content (AvgIpc) is 3.18. The summed E-state index contributed by atoms with van der Waals surface area (Å²) in [6.45, 7) is 21.0. The van der Waals surface area contributed by atoms with Crippen molar-refractivity contribution < 1.29 is 0 Å². The van der Waals surface area contributed by atoms with Crippen molar-refractivity contribution in [1.29, 1.82) is 0 Å². The number of benzene rings is 7. The second-order valence-electron chi connectivity index (χ2n) is 13.4. The SMILES string of the molecule is CC.CC.Cc1ccc(-c2c(-c3ccc(C)cc3)c(-c3ccc(C)cc3)c(-c3ccc(C)cc3)c(-c3ccc(C)cc3)c2-c2ccc(C)cc2)cc1. The molecule has 7 aromatic carbocycles. The molecule has 0 unspecified atom stereocenters. The van der Waals surface area contributed by atoms with E-state index in [1.54, 1.807) is 0 Å². The Hall–Kier alpha value is -5.46. The highest BCUT2D eigenvalue weighted by atomic mass is 14.3. The van der Waals surface area contributed by atoms with E-state index in [0.717, 1.165) is 0 Å². The quantitative estimate of drug-likeness (QED) is 0.164. The standard InChI is InChI=1S/C48H42.2C2H6/c1-31-7-19-37(20-8-31)43-44(38-21-9-32(2)10-22-38)46(40-25-13-34(4)14-26-40)48(42-29-17-36(6)18-30-42)47(41-27-15-35(5)16-28-41)45(43)39-23-11-33(3)12-24-39;2*1-2/h7-30H,1-6H3;2*1-2H3. The zero-order chi connectivity index (χ0) is 37.4. The van der Waals surface area contributed by atoms with Gasteiger partial charge < -0.3 is 0 Å². The Kier molecular flexibility index (Phi) is 12.5. The van der Waals surface area contributed by atoms with Crippen LogP contribution in [0.5, 0.6) is 0 Å². The Labute approximate surface area is 313 Å². The van der Waals surface area contributed by atoms with Crippen LogP contribution in [0.2, 0.25) is 0 Å². The minimum atomic E-state index is 1.21. The Morgan fingerprint density at radius 3 is 0.365 bits per heavy atom. The van der Waals surface area contributed by atoms with Gasteiger partial charge in [0.15, 0.2) is 0 Å². The molecule has 0 fully saturated rings. The lowest BCUT2D eigenvalue weighted by atomic mass is 9.74. The minimum absolute atomic E-state index is 1.21. The number of rotatable bonds is 6. The smallest absolute Gasteiger partial charge is 0.00139 e. The molecule has 0 saturated heterocycles. The summed E-state index contributed by atoms with van der Waals surface area (Å²) in [6.07, 6.45) is 0. The zero-order valence-corrected chi connectivity index (χ0v) is 32.9. The molecule has 0 saturated carbocycles. The Balaban J connectivity index is 0.00000126. The largest absolute Gasteiger partial charge is 0.0683 e. The predicted molar refractivity (Wildman–Crippen MR) is 230 cm³/mol. The molecule has 0 aromatic heterocycles. The maximum absolute atomic E-state index is 2.31. The normalized spacial score (nSPS) is 10.5. The van der Waals surface area contributed by atoms with Crippen LogP contribution in [0.1, 0.15) is 61.1 Å². The van der Waals surface area contributed by atoms with Crippen molar-refractivity contribution in [1.82, 2.24) is 0 Å². The fourth-order valence-electron chi connectivity index (χ4n) is 6.80. The average molecular weight is 679 g/mol. The lowest BCUT2D eigenvalue weighted by molar-refractivity contribution is 1.42. The van der Waals surface area contributed by atoms with E-state index >= 15 is 0 Å². The van der Waals surface area contributed by atoms with Crippen LogP contribution in [0.3, 0.4) is 0 Å². The van der Waals surface area contributed by atoms with E-state index in [4.69, 9.17) is 0 Å². The van der Waals surface area contributed by atoms with Crippen molar-refractivity contribution in [3.63, 3.8) is 0 Å². The Morgan fingerprint density at radius 1 is 0.173 bits per heavy atom. The van der Waals surface area contributed by atoms with Crippen LogP contribution in [-0.4, -0.2) is 0 Å². The van der Waals surface area contributed by atoms with E-state index in [1.807, 2.05) is 27.7 Å². The third-order valence-electron chi connectivity index (χ3n) is 9.54. The lowest BCUT2D eigenvalue weighted by Gasteiger charge is -2.29. The zero-order valence-electron chi connectivity index (χ0n) is 32.9. The van der Waals surface area contributed by atoms with Crippen molar-refractivity contribution in [2.24, 2.45) is 0 Å². The van der Waals surface area contributed by atoms with Gasteiger partial charge >= 0.3 is 0 Å². The molecule has 52 heavy (non-hydrogen) atoms. The van der Waals surface area contributed by atoms with Crippen LogP contribution < -0.4 is 0 Å². The molecule has 0 nitrogen and oxygen atoms in total. The van der Waals surface area contributed by atoms with E-state index in [9.17, 15) is 0 Å². The van der Waals surface area contributed by atoms with E-state index < -0.39 is 0 Å². The van der Waals surface area contributed by atoms with Gasteiger partial charge in [0.05, 0.1) is 0 Å². The summed E-state index contributed by atoms with van der Waals surface area (Å²) in [5.74, 6) is 0. The van der Waals surface area contributed by atoms with Crippen LogP contribution in [0.25, 0.3) is 66.8 Å². The van der Waals surface area contributed by atoms with E-state index in [2.05, 4.69) is 187 Å². The highest BCUT2D eigenvalue weighted by Gasteiger charge is 2.29. The van der Waals surface area contributed by atoms with Crippen molar-refractivity contribution >= 4 is 0 Å². The van der Waals surface area contributed by atoms with Crippen molar-refractivity contribution in [2.45, 2.75) is 69.2 Å². The molecule has 0 bridgehead atoms. The molecule has 0 aliphatic rings. The third kappa shape index (κ3) is 8.03. The molecule has 7 aromatic rings. The number of hydrogen-bond donors (Lipinski definition) is 0. The first-order valence-corrected chi connectivity index (χ1v) is 18.9. The number of aryl methyl sites for hydroxylation is 6. The summed E-state index contributed by atoms with van der Waals surface area (Å²) in [6, 6.07) is 54.7. The molecule has 0 spiro atoms. The summed E-state index contributed by atoms with van der Waals surface area (Å²) < 4.78 is 0. The van der Waals surface area contributed by atoms with E-state index in [1.165, 1.54) is 100 Å². The molecule has 0 heterocycles. The fraction of sp³-hybridized carbons (Fsp3) is 0.192. The van der Waals surface area contributed by atoms with Crippen LogP contribution in [-0.2, 0) is 0 Å². The molecular weight excluding hydrogens is 625 g/mol. The molecular formula is C52H54. The first-order valence-electron chi connectivity index (χ1n) is 18.9. The summed E-state index contributed by atoms with van der Waals surface area (Å²) in [5, 5.41) is 0. The van der Waals surface area contributed by atoms with E-state index in [-0.39, 0.29) is 0 Å². The van der Waals surface area contributed by atoms with Gasteiger partial charge in [-0.2, -0.15) is 0 Å². The van der Waals surface area contributed by atoms with Gasteiger partial charge in [-0.05, 0) is 108 Å². The maximum atomic E-state index is 2.31. The highest BCUT2D eigenvalue weighted by molar-refractivity contribution is 6.15. The molecule has 7 rings (SSSR count). The minimum Gasteiger partial charge on any atom is -0.0683 e. The van der Waals surface area contributed by atoms with Crippen molar-refractivity contribution in [3.05, 3.63) is 179 Å². The van der Waals surface area contributed by atoms with Crippen molar-refractivity contribution in [3.8, 4) is 66.8 Å². The van der Waals surface area contributed by atoms with Gasteiger partial charge in [-0.15, -0.1) is 0 Å². The molecule has 0 radical (unpaired) electrons. The van der Waals surface area contributed by atoms with Gasteiger partial charge in [0.2, 0.25) is 0 Å². The van der Waals surface area contributed by atoms with Gasteiger partial charge in [-0.25, -0.2) is 0 Å². The van der Waals surface area contributed by atoms with Gasteiger partial charge in [0.25, 0.3) is 0 Å². The summed E-state index contributed by atoms with van der Waals surface area (Å²) in [7, 11) is 0. The molecule has 0 N–H and O–H groups in total. The van der Waals surface area contributed by atoms with Crippen LogP contribution in [0, 0.1) is 41.5 Å². The topological polar surface area (TPSA) is 0 Å². The molecule has 0 amide bonds. The second kappa shape index (κ2) is 17.2. The van der Waals surface area contributed by atoms with Gasteiger partial charge in [0.1, 0.15) is 0 Å². The van der Waals surface area contributed by atoms with E-state index in [0.29, 0.717) is 0 Å². The molecule has 0 aliphatic carbocycles. The summed E-state index contributed by atoms with van der Waals surface area (Å²) in [5.41, 5.74) is 22.3. The van der Waals surface area contributed by atoms with Gasteiger partial charge in [0, 0.05) is 0 Å².